The minimum Gasteiger partial charge on any atom is -0.493 e. The van der Waals surface area contributed by atoms with Crippen LogP contribution in [0.4, 0.5) is 4.39 Å². The van der Waals surface area contributed by atoms with Gasteiger partial charge in [-0.1, -0.05) is 26.0 Å². The fourth-order valence-corrected chi connectivity index (χ4v) is 1.89. The Labute approximate surface area is 120 Å². The SMILES string of the molecule is COc1c(F)cccc1[C@@H](N)[C@@H](O)CCC(C)C.Cl. The molecule has 0 saturated heterocycles. The Morgan fingerprint density at radius 1 is 1.32 bits per heavy atom. The zero-order chi connectivity index (χ0) is 13.7. The van der Waals surface area contributed by atoms with E-state index >= 15 is 0 Å². The number of nitrogens with two attached hydrogens (primary N) is 1. The second-order valence-corrected chi connectivity index (χ2v) is 4.93. The molecule has 0 fully saturated rings. The first-order valence-corrected chi connectivity index (χ1v) is 6.23. The summed E-state index contributed by atoms with van der Waals surface area (Å²) in [6.07, 6.45) is 0.786. The van der Waals surface area contributed by atoms with Gasteiger partial charge in [0.05, 0.1) is 19.3 Å². The minimum atomic E-state index is -0.692. The Hall–Kier alpha value is -0.840. The summed E-state index contributed by atoms with van der Waals surface area (Å²) < 4.78 is 18.5. The molecule has 0 aromatic heterocycles. The van der Waals surface area contributed by atoms with E-state index in [4.69, 9.17) is 10.5 Å². The number of hydrogen-bond donors (Lipinski definition) is 2. The highest BCUT2D eigenvalue weighted by atomic mass is 35.5. The number of aliphatic hydroxyl groups excluding tert-OH is 1. The molecule has 0 aliphatic carbocycles. The van der Waals surface area contributed by atoms with E-state index in [1.165, 1.54) is 13.2 Å². The Bertz CT molecular complexity index is 388. The Balaban J connectivity index is 0.00000324. The summed E-state index contributed by atoms with van der Waals surface area (Å²) in [5.41, 5.74) is 6.48. The molecule has 3 nitrogen and oxygen atoms in total. The predicted octanol–water partition coefficient (Wildman–Crippen LogP) is 3.05. The van der Waals surface area contributed by atoms with Gasteiger partial charge in [-0.05, 0) is 24.8 Å². The smallest absolute Gasteiger partial charge is 0.165 e. The van der Waals surface area contributed by atoms with Crippen molar-refractivity contribution in [2.75, 3.05) is 7.11 Å². The second-order valence-electron chi connectivity index (χ2n) is 4.93. The van der Waals surface area contributed by atoms with Crippen molar-refractivity contribution in [2.24, 2.45) is 11.7 Å². The van der Waals surface area contributed by atoms with Crippen molar-refractivity contribution in [1.29, 1.82) is 0 Å². The highest BCUT2D eigenvalue weighted by molar-refractivity contribution is 5.85. The van der Waals surface area contributed by atoms with Crippen molar-refractivity contribution in [3.63, 3.8) is 0 Å². The van der Waals surface area contributed by atoms with E-state index in [9.17, 15) is 9.50 Å². The normalized spacial score (nSPS) is 13.8. The Kier molecular flexibility index (Phi) is 7.99. The fourth-order valence-electron chi connectivity index (χ4n) is 1.89. The summed E-state index contributed by atoms with van der Waals surface area (Å²) in [6.45, 7) is 4.17. The van der Waals surface area contributed by atoms with Crippen molar-refractivity contribution in [2.45, 2.75) is 38.8 Å². The lowest BCUT2D eigenvalue weighted by atomic mass is 9.95. The molecule has 1 aromatic carbocycles. The third-order valence-corrected chi connectivity index (χ3v) is 3.02. The average molecular weight is 292 g/mol. The molecule has 0 unspecified atom stereocenters. The van der Waals surface area contributed by atoms with Crippen LogP contribution in [0.15, 0.2) is 18.2 Å². The number of ether oxygens (including phenoxy) is 1. The van der Waals surface area contributed by atoms with Gasteiger partial charge in [0.25, 0.3) is 0 Å². The fraction of sp³-hybridized carbons (Fsp3) is 0.571. The van der Waals surface area contributed by atoms with Gasteiger partial charge in [0, 0.05) is 5.56 Å². The first-order chi connectivity index (χ1) is 8.47. The monoisotopic (exact) mass is 291 g/mol. The Morgan fingerprint density at radius 2 is 1.95 bits per heavy atom. The average Bonchev–Trinajstić information content (AvgIpc) is 2.34. The van der Waals surface area contributed by atoms with Crippen molar-refractivity contribution < 1.29 is 14.2 Å². The van der Waals surface area contributed by atoms with Crippen LogP contribution in [0.3, 0.4) is 0 Å². The second kappa shape index (κ2) is 8.35. The molecule has 0 aliphatic rings. The standard InChI is InChI=1S/C14H22FNO2.ClH/c1-9(2)7-8-12(17)13(16)10-5-4-6-11(15)14(10)18-3;/h4-6,9,12-13,17H,7-8,16H2,1-3H3;1H/t12-,13+;/m0./s1. The van der Waals surface area contributed by atoms with Crippen LogP contribution >= 0.6 is 12.4 Å². The predicted molar refractivity (Wildman–Crippen MR) is 77.2 cm³/mol. The number of rotatable bonds is 6. The Morgan fingerprint density at radius 3 is 2.47 bits per heavy atom. The van der Waals surface area contributed by atoms with Crippen LogP contribution in [0, 0.1) is 11.7 Å². The molecule has 0 saturated carbocycles. The molecule has 0 spiro atoms. The van der Waals surface area contributed by atoms with Gasteiger partial charge < -0.3 is 15.6 Å². The molecule has 1 aromatic rings. The minimum absolute atomic E-state index is 0. The van der Waals surface area contributed by atoms with Gasteiger partial charge in [0.1, 0.15) is 0 Å². The first kappa shape index (κ1) is 18.2. The van der Waals surface area contributed by atoms with E-state index in [2.05, 4.69) is 13.8 Å². The maximum atomic E-state index is 13.5. The summed E-state index contributed by atoms with van der Waals surface area (Å²) >= 11 is 0. The molecular weight excluding hydrogens is 269 g/mol. The van der Waals surface area contributed by atoms with Crippen LogP contribution in [0.25, 0.3) is 0 Å². The van der Waals surface area contributed by atoms with Gasteiger partial charge in [-0.3, -0.25) is 0 Å². The lowest BCUT2D eigenvalue weighted by Crippen LogP contribution is -2.27. The van der Waals surface area contributed by atoms with Gasteiger partial charge in [0.15, 0.2) is 11.6 Å². The number of halogens is 2. The summed E-state index contributed by atoms with van der Waals surface area (Å²) in [7, 11) is 1.40. The maximum absolute atomic E-state index is 13.5. The van der Waals surface area contributed by atoms with Crippen LogP contribution < -0.4 is 10.5 Å². The molecule has 110 valence electrons. The largest absolute Gasteiger partial charge is 0.493 e. The van der Waals surface area contributed by atoms with Crippen LogP contribution in [0.5, 0.6) is 5.75 Å². The van der Waals surface area contributed by atoms with Gasteiger partial charge >= 0.3 is 0 Å². The molecule has 0 amide bonds. The molecule has 0 radical (unpaired) electrons. The number of benzene rings is 1. The van der Waals surface area contributed by atoms with Crippen molar-refractivity contribution in [3.8, 4) is 5.75 Å². The quantitative estimate of drug-likeness (QED) is 0.847. The highest BCUT2D eigenvalue weighted by Crippen LogP contribution is 2.29. The van der Waals surface area contributed by atoms with Crippen LogP contribution in [0.1, 0.15) is 38.3 Å². The molecule has 2 atom stereocenters. The first-order valence-electron chi connectivity index (χ1n) is 6.23. The van der Waals surface area contributed by atoms with Crippen molar-refractivity contribution in [1.82, 2.24) is 0 Å². The third kappa shape index (κ3) is 4.97. The van der Waals surface area contributed by atoms with Crippen LogP contribution in [-0.2, 0) is 0 Å². The maximum Gasteiger partial charge on any atom is 0.165 e. The summed E-state index contributed by atoms with van der Waals surface area (Å²) in [4.78, 5) is 0. The highest BCUT2D eigenvalue weighted by Gasteiger charge is 2.22. The molecular formula is C14H23ClFNO2. The number of para-hydroxylation sites is 1. The number of aliphatic hydroxyl groups is 1. The molecule has 19 heavy (non-hydrogen) atoms. The van der Waals surface area contributed by atoms with E-state index < -0.39 is 18.0 Å². The molecule has 5 heteroatoms. The summed E-state index contributed by atoms with van der Waals surface area (Å²) in [6, 6.07) is 3.94. The summed E-state index contributed by atoms with van der Waals surface area (Å²) in [5, 5.41) is 10.0. The lowest BCUT2D eigenvalue weighted by Gasteiger charge is -2.22. The van der Waals surface area contributed by atoms with E-state index in [0.29, 0.717) is 17.9 Å². The molecule has 0 bridgehead atoms. The van der Waals surface area contributed by atoms with E-state index in [0.717, 1.165) is 6.42 Å². The van der Waals surface area contributed by atoms with Crippen LogP contribution in [-0.4, -0.2) is 18.3 Å². The summed E-state index contributed by atoms with van der Waals surface area (Å²) in [5.74, 6) is 0.163. The molecule has 3 N–H and O–H groups in total. The van der Waals surface area contributed by atoms with Crippen LogP contribution in [0.2, 0.25) is 0 Å². The molecule has 0 heterocycles. The zero-order valence-electron chi connectivity index (χ0n) is 11.6. The van der Waals surface area contributed by atoms with Crippen molar-refractivity contribution >= 4 is 12.4 Å². The van der Waals surface area contributed by atoms with E-state index in [-0.39, 0.29) is 18.2 Å². The van der Waals surface area contributed by atoms with Gasteiger partial charge in [-0.2, -0.15) is 0 Å². The zero-order valence-corrected chi connectivity index (χ0v) is 12.4. The number of methoxy groups -OCH3 is 1. The molecule has 0 aliphatic heterocycles. The van der Waals surface area contributed by atoms with Gasteiger partial charge in [-0.25, -0.2) is 4.39 Å². The topological polar surface area (TPSA) is 55.5 Å². The van der Waals surface area contributed by atoms with E-state index in [1.54, 1.807) is 12.1 Å². The molecule has 1 rings (SSSR count). The van der Waals surface area contributed by atoms with Gasteiger partial charge in [0.2, 0.25) is 0 Å². The third-order valence-electron chi connectivity index (χ3n) is 3.02. The van der Waals surface area contributed by atoms with Crippen molar-refractivity contribution in [3.05, 3.63) is 29.6 Å². The lowest BCUT2D eigenvalue weighted by molar-refractivity contribution is 0.127. The van der Waals surface area contributed by atoms with E-state index in [1.807, 2.05) is 0 Å². The number of hydrogen-bond acceptors (Lipinski definition) is 3. The van der Waals surface area contributed by atoms with Gasteiger partial charge in [-0.15, -0.1) is 12.4 Å².